The van der Waals surface area contributed by atoms with Crippen molar-refractivity contribution < 1.29 is 17.9 Å². The monoisotopic (exact) mass is 401 g/mol. The van der Waals surface area contributed by atoms with E-state index in [4.69, 9.17) is 6.57 Å². The molecule has 4 rings (SSSR count). The number of nitrogens with zero attached hydrogens (tertiary/aromatic N) is 4. The SMILES string of the molecule is [C-]#[N+]C1CCC(Nc2ccc3ncc(-c4cccc(OC(F)(F)F)c4)n3n2)CC1. The van der Waals surface area contributed by atoms with E-state index >= 15 is 0 Å². The zero-order valence-electron chi connectivity index (χ0n) is 15.4. The van der Waals surface area contributed by atoms with Crippen LogP contribution in [0.4, 0.5) is 19.0 Å². The Hall–Kier alpha value is -3.28. The summed E-state index contributed by atoms with van der Waals surface area (Å²) < 4.78 is 43.2. The highest BCUT2D eigenvalue weighted by Crippen LogP contribution is 2.29. The average molecular weight is 401 g/mol. The van der Waals surface area contributed by atoms with E-state index < -0.39 is 6.36 Å². The molecule has 0 atom stereocenters. The van der Waals surface area contributed by atoms with Gasteiger partial charge in [-0.05, 0) is 37.1 Å². The van der Waals surface area contributed by atoms with Crippen molar-refractivity contribution in [2.45, 2.75) is 44.1 Å². The van der Waals surface area contributed by atoms with Gasteiger partial charge in [-0.3, -0.25) is 0 Å². The minimum Gasteiger partial charge on any atom is -0.406 e. The molecular formula is C20H18F3N5O. The number of imidazole rings is 1. The Morgan fingerprint density at radius 2 is 1.93 bits per heavy atom. The topological polar surface area (TPSA) is 55.8 Å². The first-order valence-electron chi connectivity index (χ1n) is 9.25. The minimum absolute atomic E-state index is 0.106. The molecule has 1 aromatic carbocycles. The summed E-state index contributed by atoms with van der Waals surface area (Å²) in [6.45, 7) is 7.14. The van der Waals surface area contributed by atoms with Gasteiger partial charge in [-0.1, -0.05) is 12.1 Å². The Morgan fingerprint density at radius 3 is 2.66 bits per heavy atom. The lowest BCUT2D eigenvalue weighted by atomic mass is 9.92. The van der Waals surface area contributed by atoms with Crippen molar-refractivity contribution in [3.63, 3.8) is 0 Å². The number of rotatable bonds is 4. The van der Waals surface area contributed by atoms with Gasteiger partial charge in [-0.2, -0.15) is 0 Å². The van der Waals surface area contributed by atoms with Crippen molar-refractivity contribution in [1.82, 2.24) is 14.6 Å². The van der Waals surface area contributed by atoms with Crippen molar-refractivity contribution in [2.24, 2.45) is 0 Å². The first kappa shape index (κ1) is 19.1. The highest BCUT2D eigenvalue weighted by molar-refractivity contribution is 5.65. The van der Waals surface area contributed by atoms with E-state index in [1.807, 2.05) is 6.07 Å². The molecular weight excluding hydrogens is 383 g/mol. The van der Waals surface area contributed by atoms with Crippen LogP contribution >= 0.6 is 0 Å². The number of benzene rings is 1. The van der Waals surface area contributed by atoms with Gasteiger partial charge in [0.1, 0.15) is 11.6 Å². The summed E-state index contributed by atoms with van der Waals surface area (Å²) in [5, 5.41) is 7.96. The predicted octanol–water partition coefficient (Wildman–Crippen LogP) is 4.94. The van der Waals surface area contributed by atoms with Crippen LogP contribution in [-0.2, 0) is 0 Å². The number of fused-ring (bicyclic) bond motifs is 1. The minimum atomic E-state index is -4.75. The van der Waals surface area contributed by atoms with Gasteiger partial charge in [-0.25, -0.2) is 16.1 Å². The van der Waals surface area contributed by atoms with Crippen molar-refractivity contribution >= 4 is 11.5 Å². The second kappa shape index (κ2) is 7.62. The van der Waals surface area contributed by atoms with Crippen LogP contribution in [0.25, 0.3) is 21.7 Å². The van der Waals surface area contributed by atoms with E-state index in [-0.39, 0.29) is 17.8 Å². The maximum Gasteiger partial charge on any atom is 0.573 e. The number of ether oxygens (including phenoxy) is 1. The summed E-state index contributed by atoms with van der Waals surface area (Å²) in [5.74, 6) is 0.363. The lowest BCUT2D eigenvalue weighted by molar-refractivity contribution is -0.274. The van der Waals surface area contributed by atoms with Crippen LogP contribution in [0.1, 0.15) is 25.7 Å². The standard InChI is InChI=1S/C20H18F3N5O/c1-24-14-5-7-15(8-6-14)26-18-9-10-19-25-12-17(28(19)27-18)13-3-2-4-16(11-13)29-20(21,22)23/h2-4,9-12,14-15H,5-8H2,(H,26,27). The fraction of sp³-hybridized carbons (Fsp3) is 0.350. The molecule has 1 aliphatic carbocycles. The molecule has 1 N–H and O–H groups in total. The Morgan fingerprint density at radius 1 is 1.14 bits per heavy atom. The number of anilines is 1. The van der Waals surface area contributed by atoms with E-state index in [0.717, 1.165) is 25.7 Å². The lowest BCUT2D eigenvalue weighted by Crippen LogP contribution is -2.27. The van der Waals surface area contributed by atoms with Crippen molar-refractivity contribution in [2.75, 3.05) is 5.32 Å². The zero-order valence-corrected chi connectivity index (χ0v) is 15.4. The molecule has 9 heteroatoms. The van der Waals surface area contributed by atoms with Crippen LogP contribution in [-0.4, -0.2) is 33.0 Å². The number of nitrogens with one attached hydrogen (secondary N) is 1. The molecule has 1 saturated carbocycles. The lowest BCUT2D eigenvalue weighted by Gasteiger charge is -2.24. The summed E-state index contributed by atoms with van der Waals surface area (Å²) in [6, 6.07) is 9.72. The number of alkyl halides is 3. The summed E-state index contributed by atoms with van der Waals surface area (Å²) in [5.41, 5.74) is 1.67. The maximum absolute atomic E-state index is 12.5. The van der Waals surface area contributed by atoms with E-state index in [1.54, 1.807) is 22.8 Å². The molecule has 0 bridgehead atoms. The summed E-state index contributed by atoms with van der Waals surface area (Å²) in [4.78, 5) is 7.90. The van der Waals surface area contributed by atoms with Crippen molar-refractivity contribution in [3.8, 4) is 17.0 Å². The molecule has 0 amide bonds. The molecule has 6 nitrogen and oxygen atoms in total. The average Bonchev–Trinajstić information content (AvgIpc) is 3.11. The van der Waals surface area contributed by atoms with Crippen LogP contribution in [0.5, 0.6) is 5.75 Å². The molecule has 0 aliphatic heterocycles. The maximum atomic E-state index is 12.5. The summed E-state index contributed by atoms with van der Waals surface area (Å²) >= 11 is 0. The molecule has 1 aliphatic rings. The first-order valence-corrected chi connectivity index (χ1v) is 9.25. The fourth-order valence-corrected chi connectivity index (χ4v) is 3.56. The van der Waals surface area contributed by atoms with E-state index in [0.29, 0.717) is 22.7 Å². The quantitative estimate of drug-likeness (QED) is 0.630. The third kappa shape index (κ3) is 4.42. The second-order valence-corrected chi connectivity index (χ2v) is 6.99. The largest absolute Gasteiger partial charge is 0.573 e. The Labute approximate surface area is 165 Å². The summed E-state index contributed by atoms with van der Waals surface area (Å²) in [6.07, 6.45) is 0.359. The third-order valence-corrected chi connectivity index (χ3v) is 4.96. The predicted molar refractivity (Wildman–Crippen MR) is 101 cm³/mol. The number of aromatic nitrogens is 3. The Bertz CT molecular complexity index is 1050. The normalized spacial score (nSPS) is 19.7. The van der Waals surface area contributed by atoms with Gasteiger partial charge in [0.25, 0.3) is 0 Å². The van der Waals surface area contributed by atoms with E-state index in [9.17, 15) is 13.2 Å². The van der Waals surface area contributed by atoms with Gasteiger partial charge in [0.2, 0.25) is 6.04 Å². The molecule has 2 heterocycles. The van der Waals surface area contributed by atoms with Gasteiger partial charge >= 0.3 is 6.36 Å². The molecule has 0 saturated heterocycles. The Kier molecular flexibility index (Phi) is 5.01. The van der Waals surface area contributed by atoms with Gasteiger partial charge in [0.15, 0.2) is 5.65 Å². The molecule has 0 spiro atoms. The van der Waals surface area contributed by atoms with Crippen LogP contribution in [0.15, 0.2) is 42.6 Å². The molecule has 3 aromatic rings. The molecule has 0 radical (unpaired) electrons. The van der Waals surface area contributed by atoms with Crippen molar-refractivity contribution in [3.05, 3.63) is 54.0 Å². The fourth-order valence-electron chi connectivity index (χ4n) is 3.56. The second-order valence-electron chi connectivity index (χ2n) is 6.99. The first-order chi connectivity index (χ1) is 13.9. The van der Waals surface area contributed by atoms with Crippen molar-refractivity contribution in [1.29, 1.82) is 0 Å². The molecule has 1 fully saturated rings. The molecule has 150 valence electrons. The smallest absolute Gasteiger partial charge is 0.406 e. The number of hydrogen-bond acceptors (Lipinski definition) is 4. The van der Waals surface area contributed by atoms with E-state index in [1.165, 1.54) is 18.2 Å². The van der Waals surface area contributed by atoms with Crippen LogP contribution in [0, 0.1) is 6.57 Å². The zero-order chi connectivity index (χ0) is 20.4. The summed E-state index contributed by atoms with van der Waals surface area (Å²) in [7, 11) is 0. The number of hydrogen-bond donors (Lipinski definition) is 1. The van der Waals surface area contributed by atoms with Crippen LogP contribution in [0.3, 0.4) is 0 Å². The molecule has 2 aromatic heterocycles. The molecule has 29 heavy (non-hydrogen) atoms. The van der Waals surface area contributed by atoms with Crippen LogP contribution < -0.4 is 10.1 Å². The van der Waals surface area contributed by atoms with Gasteiger partial charge < -0.3 is 14.9 Å². The van der Waals surface area contributed by atoms with E-state index in [2.05, 4.69) is 25.0 Å². The highest BCUT2D eigenvalue weighted by atomic mass is 19.4. The third-order valence-electron chi connectivity index (χ3n) is 4.96. The van der Waals surface area contributed by atoms with Crippen LogP contribution in [0.2, 0.25) is 0 Å². The van der Waals surface area contributed by atoms with Gasteiger partial charge in [0.05, 0.1) is 11.9 Å². The highest BCUT2D eigenvalue weighted by Gasteiger charge is 2.31. The Balaban J connectivity index is 1.58. The molecule has 0 unspecified atom stereocenters. The number of halogens is 3. The van der Waals surface area contributed by atoms with Gasteiger partial charge in [0, 0.05) is 24.4 Å². The van der Waals surface area contributed by atoms with Gasteiger partial charge in [-0.15, -0.1) is 18.3 Å².